The lowest BCUT2D eigenvalue weighted by Gasteiger charge is -2.12. The number of anilines is 1. The highest BCUT2D eigenvalue weighted by atomic mass is 16.4. The fraction of sp³-hybridized carbons (Fsp3) is 0.154. The molecule has 1 aromatic heterocycles. The highest BCUT2D eigenvalue weighted by molar-refractivity contribution is 5.79. The molecule has 0 fully saturated rings. The molecule has 2 rings (SSSR count). The van der Waals surface area contributed by atoms with E-state index in [1.807, 2.05) is 24.3 Å². The van der Waals surface area contributed by atoms with Crippen molar-refractivity contribution in [2.75, 3.05) is 5.32 Å². The second-order valence-electron chi connectivity index (χ2n) is 3.80. The van der Waals surface area contributed by atoms with Crippen molar-refractivity contribution in [2.24, 2.45) is 0 Å². The van der Waals surface area contributed by atoms with Crippen molar-refractivity contribution in [1.82, 2.24) is 9.97 Å². The first-order valence-corrected chi connectivity index (χ1v) is 5.52. The number of carbonyl (C=O) groups is 1. The zero-order chi connectivity index (χ0) is 13.0. The van der Waals surface area contributed by atoms with Crippen LogP contribution >= 0.6 is 0 Å². The van der Waals surface area contributed by atoms with Gasteiger partial charge in [0.1, 0.15) is 11.9 Å². The number of fused-ring (bicyclic) bond motifs is 1. The zero-order valence-corrected chi connectivity index (χ0v) is 9.71. The summed E-state index contributed by atoms with van der Waals surface area (Å²) in [6, 6.07) is 6.68. The monoisotopic (exact) mass is 243 g/mol. The number of benzene rings is 1. The van der Waals surface area contributed by atoms with E-state index in [0.717, 1.165) is 11.0 Å². The Bertz CT molecular complexity index is 583. The molecule has 0 saturated heterocycles. The normalized spacial score (nSPS) is 12.0. The van der Waals surface area contributed by atoms with E-state index in [1.54, 1.807) is 6.08 Å². The number of nitrogens with one attached hydrogen (secondary N) is 1. The Labute approximate surface area is 104 Å². The van der Waals surface area contributed by atoms with Gasteiger partial charge in [0.05, 0.1) is 17.2 Å². The molecule has 0 amide bonds. The van der Waals surface area contributed by atoms with Crippen LogP contribution in [0.15, 0.2) is 43.1 Å². The van der Waals surface area contributed by atoms with E-state index in [-0.39, 0.29) is 0 Å². The molecule has 0 saturated carbocycles. The van der Waals surface area contributed by atoms with E-state index in [4.69, 9.17) is 5.11 Å². The minimum Gasteiger partial charge on any atom is -0.480 e. The second kappa shape index (κ2) is 5.27. The molecule has 2 aromatic rings. The topological polar surface area (TPSA) is 75.1 Å². The number of carboxylic acids is 1. The molecule has 1 heterocycles. The third-order valence-corrected chi connectivity index (χ3v) is 2.47. The Morgan fingerprint density at radius 2 is 2.17 bits per heavy atom. The lowest BCUT2D eigenvalue weighted by molar-refractivity contribution is -0.137. The van der Waals surface area contributed by atoms with Crippen molar-refractivity contribution in [1.29, 1.82) is 0 Å². The quantitative estimate of drug-likeness (QED) is 0.786. The van der Waals surface area contributed by atoms with E-state index in [1.165, 1.54) is 6.20 Å². The van der Waals surface area contributed by atoms with E-state index < -0.39 is 12.0 Å². The molecular formula is C13H13N3O2. The predicted octanol–water partition coefficient (Wildman–Crippen LogP) is 2.07. The van der Waals surface area contributed by atoms with Gasteiger partial charge in [0.15, 0.2) is 0 Å². The standard InChI is InChI=1S/C13H13N3O2/c1-2-5-11(13(17)18)16-12-8-14-9-6-3-4-7-10(9)15-12/h2-4,6-8,11H,1,5H2,(H,15,16)(H,17,18). The van der Waals surface area contributed by atoms with Crippen LogP contribution < -0.4 is 5.32 Å². The summed E-state index contributed by atoms with van der Waals surface area (Å²) in [4.78, 5) is 19.5. The van der Waals surface area contributed by atoms with Crippen LogP contribution in [-0.2, 0) is 4.79 Å². The molecule has 5 nitrogen and oxygen atoms in total. The van der Waals surface area contributed by atoms with Crippen molar-refractivity contribution >= 4 is 22.8 Å². The number of nitrogens with zero attached hydrogens (tertiary/aromatic N) is 2. The number of carboxylic acid groups (broad SMARTS) is 1. The fourth-order valence-corrected chi connectivity index (χ4v) is 1.59. The summed E-state index contributed by atoms with van der Waals surface area (Å²) in [6.45, 7) is 3.54. The number of hydrogen-bond acceptors (Lipinski definition) is 4. The van der Waals surface area contributed by atoms with Gasteiger partial charge < -0.3 is 10.4 Å². The molecule has 1 atom stereocenters. The number of hydrogen-bond donors (Lipinski definition) is 2. The van der Waals surface area contributed by atoms with Gasteiger partial charge in [0.2, 0.25) is 0 Å². The van der Waals surface area contributed by atoms with Gasteiger partial charge in [0, 0.05) is 0 Å². The van der Waals surface area contributed by atoms with Gasteiger partial charge in [-0.3, -0.25) is 4.98 Å². The maximum absolute atomic E-state index is 11.0. The Morgan fingerprint density at radius 3 is 2.83 bits per heavy atom. The molecule has 92 valence electrons. The third kappa shape index (κ3) is 2.63. The average Bonchev–Trinajstić information content (AvgIpc) is 2.38. The average molecular weight is 243 g/mol. The molecule has 0 spiro atoms. The van der Waals surface area contributed by atoms with Crippen molar-refractivity contribution in [2.45, 2.75) is 12.5 Å². The molecule has 1 unspecified atom stereocenters. The first-order valence-electron chi connectivity index (χ1n) is 5.52. The van der Waals surface area contributed by atoms with Crippen molar-refractivity contribution in [3.05, 3.63) is 43.1 Å². The Balaban J connectivity index is 2.25. The highest BCUT2D eigenvalue weighted by Crippen LogP contribution is 2.12. The summed E-state index contributed by atoms with van der Waals surface area (Å²) in [6.07, 6.45) is 3.41. The Kier molecular flexibility index (Phi) is 3.52. The molecule has 0 aliphatic rings. The first kappa shape index (κ1) is 12.0. The van der Waals surface area contributed by atoms with Crippen LogP contribution in [0.4, 0.5) is 5.82 Å². The minimum absolute atomic E-state index is 0.323. The molecule has 2 N–H and O–H groups in total. The van der Waals surface area contributed by atoms with Crippen LogP contribution in [0.1, 0.15) is 6.42 Å². The molecular weight excluding hydrogens is 230 g/mol. The van der Waals surface area contributed by atoms with Crippen LogP contribution in [0, 0.1) is 0 Å². The number of aromatic nitrogens is 2. The fourth-order valence-electron chi connectivity index (χ4n) is 1.59. The van der Waals surface area contributed by atoms with E-state index >= 15 is 0 Å². The van der Waals surface area contributed by atoms with Crippen molar-refractivity contribution in [3.8, 4) is 0 Å². The second-order valence-corrected chi connectivity index (χ2v) is 3.80. The van der Waals surface area contributed by atoms with Gasteiger partial charge in [-0.05, 0) is 18.6 Å². The molecule has 5 heteroatoms. The third-order valence-electron chi connectivity index (χ3n) is 2.47. The molecule has 18 heavy (non-hydrogen) atoms. The summed E-state index contributed by atoms with van der Waals surface area (Å²) < 4.78 is 0. The van der Waals surface area contributed by atoms with Crippen molar-refractivity contribution < 1.29 is 9.90 Å². The molecule has 0 radical (unpaired) electrons. The Morgan fingerprint density at radius 1 is 1.44 bits per heavy atom. The lowest BCUT2D eigenvalue weighted by Crippen LogP contribution is -2.29. The van der Waals surface area contributed by atoms with Crippen LogP contribution in [0.5, 0.6) is 0 Å². The maximum Gasteiger partial charge on any atom is 0.326 e. The summed E-state index contributed by atoms with van der Waals surface area (Å²) in [7, 11) is 0. The lowest BCUT2D eigenvalue weighted by atomic mass is 10.2. The van der Waals surface area contributed by atoms with Gasteiger partial charge in [0.25, 0.3) is 0 Å². The van der Waals surface area contributed by atoms with Gasteiger partial charge in [-0.2, -0.15) is 0 Å². The highest BCUT2D eigenvalue weighted by Gasteiger charge is 2.15. The van der Waals surface area contributed by atoms with Gasteiger partial charge >= 0.3 is 5.97 Å². The SMILES string of the molecule is C=CCC(Nc1cnc2ccccc2n1)C(=O)O. The summed E-state index contributed by atoms with van der Waals surface area (Å²) in [5, 5.41) is 11.8. The minimum atomic E-state index is -0.940. The first-order chi connectivity index (χ1) is 8.70. The predicted molar refractivity (Wildman–Crippen MR) is 69.4 cm³/mol. The Hall–Kier alpha value is -2.43. The van der Waals surface area contributed by atoms with Gasteiger partial charge in [-0.15, -0.1) is 6.58 Å². The molecule has 0 bridgehead atoms. The van der Waals surface area contributed by atoms with Crippen LogP contribution in [0.3, 0.4) is 0 Å². The maximum atomic E-state index is 11.0. The summed E-state index contributed by atoms with van der Waals surface area (Å²) >= 11 is 0. The van der Waals surface area contributed by atoms with Crippen LogP contribution in [0.2, 0.25) is 0 Å². The number of rotatable bonds is 5. The number of para-hydroxylation sites is 2. The van der Waals surface area contributed by atoms with Gasteiger partial charge in [-0.25, -0.2) is 9.78 Å². The molecule has 1 aromatic carbocycles. The van der Waals surface area contributed by atoms with Gasteiger partial charge in [-0.1, -0.05) is 18.2 Å². The number of aliphatic carboxylic acids is 1. The zero-order valence-electron chi connectivity index (χ0n) is 9.71. The smallest absolute Gasteiger partial charge is 0.326 e. The van der Waals surface area contributed by atoms with Crippen LogP contribution in [-0.4, -0.2) is 27.1 Å². The largest absolute Gasteiger partial charge is 0.480 e. The summed E-state index contributed by atoms with van der Waals surface area (Å²) in [5.41, 5.74) is 1.50. The van der Waals surface area contributed by atoms with E-state index in [0.29, 0.717) is 12.2 Å². The molecule has 0 aliphatic heterocycles. The molecule has 0 aliphatic carbocycles. The van der Waals surface area contributed by atoms with Crippen molar-refractivity contribution in [3.63, 3.8) is 0 Å². The van der Waals surface area contributed by atoms with E-state index in [9.17, 15) is 4.79 Å². The van der Waals surface area contributed by atoms with E-state index in [2.05, 4.69) is 21.9 Å². The summed E-state index contributed by atoms with van der Waals surface area (Å²) in [5.74, 6) is -0.493. The van der Waals surface area contributed by atoms with Crippen LogP contribution in [0.25, 0.3) is 11.0 Å².